The summed E-state index contributed by atoms with van der Waals surface area (Å²) in [6.07, 6.45) is 0.234. The van der Waals surface area contributed by atoms with Gasteiger partial charge in [0.2, 0.25) is 0 Å². The normalized spacial score (nSPS) is 13.0. The summed E-state index contributed by atoms with van der Waals surface area (Å²) in [6.45, 7) is 3.38. The molecule has 1 atom stereocenters. The van der Waals surface area contributed by atoms with Crippen LogP contribution in [0.15, 0.2) is 12.1 Å². The van der Waals surface area contributed by atoms with Crippen molar-refractivity contribution in [2.75, 3.05) is 0 Å². The molecule has 0 saturated carbocycles. The van der Waals surface area contributed by atoms with Crippen LogP contribution in [0.25, 0.3) is 0 Å². The van der Waals surface area contributed by atoms with Gasteiger partial charge in [-0.25, -0.2) is 8.78 Å². The van der Waals surface area contributed by atoms with Gasteiger partial charge in [0.15, 0.2) is 0 Å². The lowest BCUT2D eigenvalue weighted by Crippen LogP contribution is -2.19. The monoisotopic (exact) mass is 185 g/mol. The molecular weight excluding hydrogens is 172 g/mol. The van der Waals surface area contributed by atoms with E-state index in [9.17, 15) is 8.78 Å². The molecule has 0 aliphatic rings. The van der Waals surface area contributed by atoms with E-state index < -0.39 is 11.6 Å². The fraction of sp³-hybridized carbons (Fsp3) is 0.400. The van der Waals surface area contributed by atoms with Crippen LogP contribution in [0.4, 0.5) is 8.78 Å². The average molecular weight is 185 g/mol. The Balaban J connectivity index is 3.06. The minimum atomic E-state index is -0.505. The van der Waals surface area contributed by atoms with Crippen molar-refractivity contribution < 1.29 is 8.78 Å². The molecule has 0 saturated heterocycles. The molecule has 0 aromatic heterocycles. The minimum absolute atomic E-state index is 0.0839. The van der Waals surface area contributed by atoms with Crippen molar-refractivity contribution in [1.29, 1.82) is 0 Å². The Labute approximate surface area is 76.6 Å². The second-order valence-corrected chi connectivity index (χ2v) is 3.39. The van der Waals surface area contributed by atoms with Crippen molar-refractivity contribution in [3.05, 3.63) is 34.9 Å². The quantitative estimate of drug-likeness (QED) is 0.750. The molecule has 72 valence electrons. The summed E-state index contributed by atoms with van der Waals surface area (Å²) in [5, 5.41) is 0. The van der Waals surface area contributed by atoms with Crippen LogP contribution in [0, 0.1) is 18.6 Å². The Morgan fingerprint density at radius 1 is 1.31 bits per heavy atom. The van der Waals surface area contributed by atoms with Gasteiger partial charge in [-0.2, -0.15) is 0 Å². The third kappa shape index (κ3) is 2.49. The Morgan fingerprint density at radius 3 is 2.15 bits per heavy atom. The zero-order valence-electron chi connectivity index (χ0n) is 7.77. The van der Waals surface area contributed by atoms with Crippen molar-refractivity contribution in [3.63, 3.8) is 0 Å². The lowest BCUT2D eigenvalue weighted by molar-refractivity contribution is 0.540. The first-order chi connectivity index (χ1) is 6.00. The lowest BCUT2D eigenvalue weighted by Gasteiger charge is -2.08. The van der Waals surface area contributed by atoms with E-state index in [-0.39, 0.29) is 18.0 Å². The SMILES string of the molecule is Cc1cc(F)c(C[C@H](C)N)c(F)c1. The van der Waals surface area contributed by atoms with Gasteiger partial charge in [0.05, 0.1) is 0 Å². The van der Waals surface area contributed by atoms with E-state index in [2.05, 4.69) is 0 Å². The smallest absolute Gasteiger partial charge is 0.129 e. The third-order valence-corrected chi connectivity index (χ3v) is 1.81. The summed E-state index contributed by atoms with van der Waals surface area (Å²) in [7, 11) is 0. The van der Waals surface area contributed by atoms with Crippen LogP contribution in [0.5, 0.6) is 0 Å². The van der Waals surface area contributed by atoms with Crippen LogP contribution in [-0.4, -0.2) is 6.04 Å². The first-order valence-electron chi connectivity index (χ1n) is 4.21. The number of hydrogen-bond donors (Lipinski definition) is 1. The van der Waals surface area contributed by atoms with Crippen LogP contribution >= 0.6 is 0 Å². The van der Waals surface area contributed by atoms with Crippen LogP contribution in [-0.2, 0) is 6.42 Å². The molecule has 0 spiro atoms. The highest BCUT2D eigenvalue weighted by atomic mass is 19.1. The van der Waals surface area contributed by atoms with E-state index in [1.54, 1.807) is 13.8 Å². The number of aryl methyl sites for hydroxylation is 1. The van der Waals surface area contributed by atoms with E-state index >= 15 is 0 Å². The fourth-order valence-electron chi connectivity index (χ4n) is 1.25. The zero-order valence-corrected chi connectivity index (χ0v) is 7.77. The molecule has 1 aromatic rings. The number of hydrogen-bond acceptors (Lipinski definition) is 1. The number of halogens is 2. The Morgan fingerprint density at radius 2 is 1.77 bits per heavy atom. The molecule has 0 heterocycles. The maximum atomic E-state index is 13.2. The molecule has 0 aliphatic carbocycles. The van der Waals surface area contributed by atoms with E-state index in [1.807, 2.05) is 0 Å². The van der Waals surface area contributed by atoms with Crippen molar-refractivity contribution in [2.24, 2.45) is 5.73 Å². The molecule has 0 amide bonds. The Kier molecular flexibility index (Phi) is 2.98. The summed E-state index contributed by atoms with van der Waals surface area (Å²) >= 11 is 0. The van der Waals surface area contributed by atoms with Crippen molar-refractivity contribution >= 4 is 0 Å². The lowest BCUT2D eigenvalue weighted by atomic mass is 10.0. The van der Waals surface area contributed by atoms with Gasteiger partial charge < -0.3 is 5.73 Å². The van der Waals surface area contributed by atoms with Gasteiger partial charge in [-0.15, -0.1) is 0 Å². The maximum absolute atomic E-state index is 13.2. The molecular formula is C10H13F2N. The Hall–Kier alpha value is -0.960. The molecule has 0 unspecified atom stereocenters. The van der Waals surface area contributed by atoms with Crippen molar-refractivity contribution in [3.8, 4) is 0 Å². The van der Waals surface area contributed by atoms with E-state index in [4.69, 9.17) is 5.73 Å². The molecule has 0 radical (unpaired) electrons. The first-order valence-corrected chi connectivity index (χ1v) is 4.21. The molecule has 3 heteroatoms. The average Bonchev–Trinajstić information content (AvgIpc) is 1.96. The predicted molar refractivity (Wildman–Crippen MR) is 48.4 cm³/mol. The van der Waals surface area contributed by atoms with Gasteiger partial charge in [0, 0.05) is 11.6 Å². The minimum Gasteiger partial charge on any atom is -0.328 e. The van der Waals surface area contributed by atoms with Gasteiger partial charge >= 0.3 is 0 Å². The standard InChI is InChI=1S/C10H13F2N/c1-6-3-9(11)8(5-7(2)13)10(12)4-6/h3-4,7H,5,13H2,1-2H3/t7-/m0/s1. The fourth-order valence-corrected chi connectivity index (χ4v) is 1.25. The third-order valence-electron chi connectivity index (χ3n) is 1.81. The Bertz CT molecular complexity index is 285. The topological polar surface area (TPSA) is 26.0 Å². The molecule has 1 aromatic carbocycles. The first kappa shape index (κ1) is 10.1. The number of nitrogens with two attached hydrogens (primary N) is 1. The summed E-state index contributed by atoms with van der Waals surface area (Å²) in [5.41, 5.74) is 6.14. The number of benzene rings is 1. The summed E-state index contributed by atoms with van der Waals surface area (Å²) in [6, 6.07) is 2.41. The molecule has 0 fully saturated rings. The van der Waals surface area contributed by atoms with Gasteiger partial charge in [-0.3, -0.25) is 0 Å². The molecule has 1 rings (SSSR count). The van der Waals surface area contributed by atoms with Crippen LogP contribution < -0.4 is 5.73 Å². The van der Waals surface area contributed by atoms with Gasteiger partial charge in [0.1, 0.15) is 11.6 Å². The van der Waals surface area contributed by atoms with Gasteiger partial charge in [0.25, 0.3) is 0 Å². The highest BCUT2D eigenvalue weighted by molar-refractivity contribution is 5.25. The van der Waals surface area contributed by atoms with Crippen molar-refractivity contribution in [1.82, 2.24) is 0 Å². The molecule has 0 aliphatic heterocycles. The molecule has 0 bridgehead atoms. The number of rotatable bonds is 2. The zero-order chi connectivity index (χ0) is 10.0. The van der Waals surface area contributed by atoms with Gasteiger partial charge in [-0.05, 0) is 38.0 Å². The van der Waals surface area contributed by atoms with E-state index in [0.29, 0.717) is 5.56 Å². The summed E-state index contributed by atoms with van der Waals surface area (Å²) in [4.78, 5) is 0. The second-order valence-electron chi connectivity index (χ2n) is 3.39. The molecule has 1 nitrogen and oxygen atoms in total. The van der Waals surface area contributed by atoms with E-state index in [0.717, 1.165) is 0 Å². The predicted octanol–water partition coefficient (Wildman–Crippen LogP) is 2.16. The van der Waals surface area contributed by atoms with E-state index in [1.165, 1.54) is 12.1 Å². The maximum Gasteiger partial charge on any atom is 0.129 e. The molecule has 2 N–H and O–H groups in total. The van der Waals surface area contributed by atoms with Crippen LogP contribution in [0.3, 0.4) is 0 Å². The van der Waals surface area contributed by atoms with Crippen molar-refractivity contribution in [2.45, 2.75) is 26.3 Å². The van der Waals surface area contributed by atoms with Gasteiger partial charge in [-0.1, -0.05) is 0 Å². The molecule has 13 heavy (non-hydrogen) atoms. The summed E-state index contributed by atoms with van der Waals surface area (Å²) in [5.74, 6) is -1.01. The largest absolute Gasteiger partial charge is 0.328 e. The summed E-state index contributed by atoms with van der Waals surface area (Å²) < 4.78 is 26.4. The van der Waals surface area contributed by atoms with Crippen LogP contribution in [0.2, 0.25) is 0 Å². The highest BCUT2D eigenvalue weighted by Gasteiger charge is 2.11. The van der Waals surface area contributed by atoms with Crippen LogP contribution in [0.1, 0.15) is 18.1 Å². The highest BCUT2D eigenvalue weighted by Crippen LogP contribution is 2.16. The second kappa shape index (κ2) is 3.83.